The van der Waals surface area contributed by atoms with E-state index in [9.17, 15) is 0 Å². The minimum Gasteiger partial charge on any atom is -0.381 e. The van der Waals surface area contributed by atoms with Crippen molar-refractivity contribution in [3.63, 3.8) is 0 Å². The van der Waals surface area contributed by atoms with Gasteiger partial charge in [-0.05, 0) is 53.3 Å². The van der Waals surface area contributed by atoms with E-state index in [1.165, 1.54) is 3.57 Å². The first-order valence-corrected chi connectivity index (χ1v) is 5.49. The number of hydrogen-bond donors (Lipinski definition) is 1. The van der Waals surface area contributed by atoms with Crippen molar-refractivity contribution in [2.75, 3.05) is 11.9 Å². The molecule has 70 valence electrons. The SMILES string of the molecule is C/C(=C/Cl)CNc1cccc(I)c1. The van der Waals surface area contributed by atoms with E-state index in [4.69, 9.17) is 11.6 Å². The molecule has 0 aliphatic heterocycles. The molecule has 0 saturated carbocycles. The Hall–Kier alpha value is -0.220. The van der Waals surface area contributed by atoms with Crippen LogP contribution in [0.3, 0.4) is 0 Å². The fraction of sp³-hybridized carbons (Fsp3) is 0.200. The van der Waals surface area contributed by atoms with Crippen LogP contribution in [-0.2, 0) is 0 Å². The standard InChI is InChI=1S/C10H11ClIN/c1-8(6-11)7-13-10-4-2-3-9(12)5-10/h2-6,13H,7H2,1H3/b8-6-. The third-order valence-electron chi connectivity index (χ3n) is 1.58. The summed E-state index contributed by atoms with van der Waals surface area (Å²) >= 11 is 7.84. The fourth-order valence-electron chi connectivity index (χ4n) is 0.878. The molecule has 1 N–H and O–H groups in total. The average molecular weight is 308 g/mol. The number of benzene rings is 1. The van der Waals surface area contributed by atoms with Crippen LogP contribution in [0, 0.1) is 3.57 Å². The normalized spacial score (nSPS) is 11.5. The van der Waals surface area contributed by atoms with Crippen LogP contribution >= 0.6 is 34.2 Å². The lowest BCUT2D eigenvalue weighted by molar-refractivity contribution is 1.21. The molecule has 0 unspecified atom stereocenters. The molecule has 0 atom stereocenters. The van der Waals surface area contributed by atoms with Crippen LogP contribution in [0.15, 0.2) is 35.4 Å². The highest BCUT2D eigenvalue weighted by atomic mass is 127. The van der Waals surface area contributed by atoms with Crippen LogP contribution in [0.2, 0.25) is 0 Å². The molecule has 0 aliphatic rings. The number of halogens is 2. The summed E-state index contributed by atoms with van der Waals surface area (Å²) < 4.78 is 1.23. The zero-order valence-electron chi connectivity index (χ0n) is 7.35. The number of nitrogens with one attached hydrogen (secondary N) is 1. The van der Waals surface area contributed by atoms with Crippen molar-refractivity contribution in [1.82, 2.24) is 0 Å². The maximum absolute atomic E-state index is 5.55. The molecule has 1 nitrogen and oxygen atoms in total. The highest BCUT2D eigenvalue weighted by Gasteiger charge is 1.92. The highest BCUT2D eigenvalue weighted by Crippen LogP contribution is 2.12. The van der Waals surface area contributed by atoms with Gasteiger partial charge in [0.15, 0.2) is 0 Å². The molecule has 0 heterocycles. The summed E-state index contributed by atoms with van der Waals surface area (Å²) in [6.45, 7) is 2.79. The summed E-state index contributed by atoms with van der Waals surface area (Å²) in [7, 11) is 0. The molecule has 0 amide bonds. The Morgan fingerprint density at radius 3 is 3.00 bits per heavy atom. The van der Waals surface area contributed by atoms with Crippen LogP contribution in [0.5, 0.6) is 0 Å². The lowest BCUT2D eigenvalue weighted by atomic mass is 10.3. The second-order valence-corrected chi connectivity index (χ2v) is 4.28. The van der Waals surface area contributed by atoms with Crippen molar-refractivity contribution in [3.05, 3.63) is 38.9 Å². The zero-order valence-corrected chi connectivity index (χ0v) is 10.3. The molecule has 1 rings (SSSR count). The van der Waals surface area contributed by atoms with Crippen LogP contribution < -0.4 is 5.32 Å². The Balaban J connectivity index is 2.55. The molecule has 3 heteroatoms. The molecule has 0 radical (unpaired) electrons. The van der Waals surface area contributed by atoms with Crippen LogP contribution in [0.25, 0.3) is 0 Å². The van der Waals surface area contributed by atoms with Crippen molar-refractivity contribution in [3.8, 4) is 0 Å². The fourth-order valence-corrected chi connectivity index (χ4v) is 1.50. The molecular formula is C10H11ClIN. The Morgan fingerprint density at radius 2 is 2.38 bits per heavy atom. The summed E-state index contributed by atoms with van der Waals surface area (Å²) in [5, 5.41) is 3.28. The predicted octanol–water partition coefficient (Wildman–Crippen LogP) is 3.85. The predicted molar refractivity (Wildman–Crippen MR) is 67.3 cm³/mol. The van der Waals surface area contributed by atoms with Gasteiger partial charge in [-0.25, -0.2) is 0 Å². The van der Waals surface area contributed by atoms with E-state index < -0.39 is 0 Å². The van der Waals surface area contributed by atoms with E-state index in [1.807, 2.05) is 19.1 Å². The van der Waals surface area contributed by atoms with E-state index in [0.29, 0.717) is 0 Å². The van der Waals surface area contributed by atoms with Crippen molar-refractivity contribution >= 4 is 39.9 Å². The number of anilines is 1. The summed E-state index contributed by atoms with van der Waals surface area (Å²) in [6, 6.07) is 8.24. The maximum Gasteiger partial charge on any atom is 0.0369 e. The van der Waals surface area contributed by atoms with Gasteiger partial charge in [0.05, 0.1) is 0 Å². The van der Waals surface area contributed by atoms with Gasteiger partial charge in [-0.1, -0.05) is 17.7 Å². The summed E-state index contributed by atoms with van der Waals surface area (Å²) in [5.74, 6) is 0. The van der Waals surface area contributed by atoms with Crippen LogP contribution in [-0.4, -0.2) is 6.54 Å². The second kappa shape index (κ2) is 5.50. The minimum atomic E-state index is 0.795. The minimum absolute atomic E-state index is 0.795. The molecular weight excluding hydrogens is 296 g/mol. The van der Waals surface area contributed by atoms with E-state index in [1.54, 1.807) is 5.54 Å². The molecule has 0 saturated heterocycles. The average Bonchev–Trinajstić information content (AvgIpc) is 2.14. The quantitative estimate of drug-likeness (QED) is 0.837. The van der Waals surface area contributed by atoms with Crippen molar-refractivity contribution < 1.29 is 0 Å². The van der Waals surface area contributed by atoms with Gasteiger partial charge in [-0.2, -0.15) is 0 Å². The molecule has 1 aromatic rings. The van der Waals surface area contributed by atoms with Crippen LogP contribution in [0.1, 0.15) is 6.92 Å². The summed E-state index contributed by atoms with van der Waals surface area (Å²) in [5.41, 5.74) is 3.85. The van der Waals surface area contributed by atoms with Gasteiger partial charge >= 0.3 is 0 Å². The van der Waals surface area contributed by atoms with Gasteiger partial charge in [0, 0.05) is 21.3 Å². The first-order chi connectivity index (χ1) is 6.22. The first-order valence-electron chi connectivity index (χ1n) is 3.97. The van der Waals surface area contributed by atoms with Crippen molar-refractivity contribution in [2.45, 2.75) is 6.92 Å². The third kappa shape index (κ3) is 4.00. The Bertz CT molecular complexity index is 310. The van der Waals surface area contributed by atoms with Gasteiger partial charge in [0.1, 0.15) is 0 Å². The van der Waals surface area contributed by atoms with Gasteiger partial charge in [0.2, 0.25) is 0 Å². The summed E-state index contributed by atoms with van der Waals surface area (Å²) in [4.78, 5) is 0. The maximum atomic E-state index is 5.55. The molecule has 0 spiro atoms. The van der Waals surface area contributed by atoms with Gasteiger partial charge in [-0.15, -0.1) is 0 Å². The molecule has 0 fully saturated rings. The first kappa shape index (κ1) is 10.9. The molecule has 0 aromatic heterocycles. The van der Waals surface area contributed by atoms with E-state index >= 15 is 0 Å². The second-order valence-electron chi connectivity index (χ2n) is 2.82. The largest absolute Gasteiger partial charge is 0.381 e. The zero-order chi connectivity index (χ0) is 9.68. The van der Waals surface area contributed by atoms with E-state index in [2.05, 4.69) is 40.0 Å². The van der Waals surface area contributed by atoms with Crippen molar-refractivity contribution in [2.24, 2.45) is 0 Å². The van der Waals surface area contributed by atoms with Crippen molar-refractivity contribution in [1.29, 1.82) is 0 Å². The number of rotatable bonds is 3. The Morgan fingerprint density at radius 1 is 1.62 bits per heavy atom. The molecule has 1 aromatic carbocycles. The highest BCUT2D eigenvalue weighted by molar-refractivity contribution is 14.1. The monoisotopic (exact) mass is 307 g/mol. The lowest BCUT2D eigenvalue weighted by Gasteiger charge is -2.05. The lowest BCUT2D eigenvalue weighted by Crippen LogP contribution is -2.01. The smallest absolute Gasteiger partial charge is 0.0369 e. The molecule has 0 bridgehead atoms. The van der Waals surface area contributed by atoms with Gasteiger partial charge in [0.25, 0.3) is 0 Å². The van der Waals surface area contributed by atoms with E-state index in [-0.39, 0.29) is 0 Å². The molecule has 13 heavy (non-hydrogen) atoms. The molecule has 0 aliphatic carbocycles. The summed E-state index contributed by atoms with van der Waals surface area (Å²) in [6.07, 6.45) is 0. The van der Waals surface area contributed by atoms with Gasteiger partial charge in [-0.3, -0.25) is 0 Å². The Labute approximate surface area is 97.3 Å². The van der Waals surface area contributed by atoms with E-state index in [0.717, 1.165) is 17.8 Å². The Kier molecular flexibility index (Phi) is 4.59. The van der Waals surface area contributed by atoms with Gasteiger partial charge < -0.3 is 5.32 Å². The topological polar surface area (TPSA) is 12.0 Å². The number of hydrogen-bond acceptors (Lipinski definition) is 1. The van der Waals surface area contributed by atoms with Crippen LogP contribution in [0.4, 0.5) is 5.69 Å². The third-order valence-corrected chi connectivity index (χ3v) is 2.63.